The van der Waals surface area contributed by atoms with Crippen LogP contribution < -0.4 is 14.8 Å². The van der Waals surface area contributed by atoms with Crippen LogP contribution in [0.5, 0.6) is 11.5 Å². The van der Waals surface area contributed by atoms with Gasteiger partial charge >= 0.3 is 0 Å². The molecule has 1 N–H and O–H groups in total. The van der Waals surface area contributed by atoms with E-state index in [4.69, 9.17) is 21.1 Å². The van der Waals surface area contributed by atoms with Crippen LogP contribution in [0.1, 0.15) is 6.92 Å². The molecule has 0 aliphatic carbocycles. The molecular formula is C17H17ClFNO3. The number of rotatable bonds is 7. The summed E-state index contributed by atoms with van der Waals surface area (Å²) in [6.07, 6.45) is -0.637. The van der Waals surface area contributed by atoms with E-state index in [2.05, 4.69) is 5.32 Å². The second-order valence-corrected chi connectivity index (χ2v) is 5.24. The lowest BCUT2D eigenvalue weighted by atomic mass is 10.3. The monoisotopic (exact) mass is 337 g/mol. The molecule has 0 heterocycles. The quantitative estimate of drug-likeness (QED) is 0.787. The van der Waals surface area contributed by atoms with Crippen LogP contribution >= 0.6 is 11.6 Å². The maximum atomic E-state index is 12.7. The first kappa shape index (κ1) is 17.1. The number of hydrogen-bond acceptors (Lipinski definition) is 3. The zero-order chi connectivity index (χ0) is 16.7. The third kappa shape index (κ3) is 5.79. The average Bonchev–Trinajstić information content (AvgIpc) is 2.55. The summed E-state index contributed by atoms with van der Waals surface area (Å²) in [7, 11) is 0. The van der Waals surface area contributed by atoms with Crippen LogP contribution in [-0.2, 0) is 4.79 Å². The topological polar surface area (TPSA) is 47.6 Å². The Morgan fingerprint density at radius 1 is 1.13 bits per heavy atom. The molecule has 0 fully saturated rings. The summed E-state index contributed by atoms with van der Waals surface area (Å²) in [6.45, 7) is 2.26. The smallest absolute Gasteiger partial charge is 0.260 e. The Morgan fingerprint density at radius 2 is 1.74 bits per heavy atom. The Bertz CT molecular complexity index is 631. The molecule has 0 aliphatic heterocycles. The van der Waals surface area contributed by atoms with Crippen molar-refractivity contribution in [2.75, 3.05) is 13.2 Å². The minimum Gasteiger partial charge on any atom is -0.492 e. The van der Waals surface area contributed by atoms with Gasteiger partial charge < -0.3 is 14.8 Å². The van der Waals surface area contributed by atoms with E-state index in [1.165, 1.54) is 24.3 Å². The number of nitrogens with one attached hydrogen (secondary N) is 1. The molecule has 2 rings (SSSR count). The van der Waals surface area contributed by atoms with Crippen LogP contribution in [0.4, 0.5) is 4.39 Å². The summed E-state index contributed by atoms with van der Waals surface area (Å²) in [5, 5.41) is 3.31. The largest absolute Gasteiger partial charge is 0.492 e. The van der Waals surface area contributed by atoms with Crippen molar-refractivity contribution >= 4 is 17.5 Å². The molecule has 1 amide bonds. The van der Waals surface area contributed by atoms with Crippen LogP contribution in [0.2, 0.25) is 5.02 Å². The van der Waals surface area contributed by atoms with Gasteiger partial charge in [0.15, 0.2) is 6.10 Å². The first-order valence-electron chi connectivity index (χ1n) is 7.13. The fourth-order valence-corrected chi connectivity index (χ4v) is 1.91. The number of ether oxygens (including phenoxy) is 2. The highest BCUT2D eigenvalue weighted by Crippen LogP contribution is 2.16. The first-order valence-corrected chi connectivity index (χ1v) is 7.50. The molecule has 23 heavy (non-hydrogen) atoms. The van der Waals surface area contributed by atoms with Crippen molar-refractivity contribution in [1.82, 2.24) is 5.32 Å². The molecule has 0 unspecified atom stereocenters. The summed E-state index contributed by atoms with van der Waals surface area (Å²) < 4.78 is 23.6. The van der Waals surface area contributed by atoms with Crippen LogP contribution in [0.15, 0.2) is 48.5 Å². The van der Waals surface area contributed by atoms with Crippen LogP contribution in [-0.4, -0.2) is 25.2 Å². The molecule has 0 spiro atoms. The van der Waals surface area contributed by atoms with E-state index in [9.17, 15) is 9.18 Å². The van der Waals surface area contributed by atoms with Crippen molar-refractivity contribution < 1.29 is 18.7 Å². The molecular weight excluding hydrogens is 321 g/mol. The number of carbonyl (C=O) groups is 1. The van der Waals surface area contributed by atoms with E-state index in [-0.39, 0.29) is 18.3 Å². The fourth-order valence-electron chi connectivity index (χ4n) is 1.79. The normalized spacial score (nSPS) is 11.6. The Balaban J connectivity index is 1.69. The summed E-state index contributed by atoms with van der Waals surface area (Å²) >= 11 is 5.78. The Morgan fingerprint density at radius 3 is 2.39 bits per heavy atom. The molecule has 0 aliphatic rings. The van der Waals surface area contributed by atoms with Gasteiger partial charge in [-0.25, -0.2) is 4.39 Å². The number of benzene rings is 2. The zero-order valence-corrected chi connectivity index (χ0v) is 13.3. The van der Waals surface area contributed by atoms with Crippen molar-refractivity contribution in [1.29, 1.82) is 0 Å². The average molecular weight is 338 g/mol. The molecule has 0 saturated heterocycles. The van der Waals surface area contributed by atoms with Gasteiger partial charge in [0.1, 0.15) is 23.9 Å². The molecule has 2 aromatic carbocycles. The van der Waals surface area contributed by atoms with Crippen molar-refractivity contribution in [3.8, 4) is 11.5 Å². The van der Waals surface area contributed by atoms with Gasteiger partial charge in [-0.1, -0.05) is 11.6 Å². The summed E-state index contributed by atoms with van der Waals surface area (Å²) in [4.78, 5) is 11.9. The molecule has 0 aromatic heterocycles. The molecule has 2 aromatic rings. The van der Waals surface area contributed by atoms with Gasteiger partial charge in [-0.2, -0.15) is 0 Å². The van der Waals surface area contributed by atoms with Crippen molar-refractivity contribution in [2.24, 2.45) is 0 Å². The first-order chi connectivity index (χ1) is 11.0. The third-order valence-electron chi connectivity index (χ3n) is 2.98. The van der Waals surface area contributed by atoms with Crippen molar-refractivity contribution in [3.05, 3.63) is 59.4 Å². The SMILES string of the molecule is C[C@@H](Oc1ccc(Cl)cc1)C(=O)NCCOc1ccc(F)cc1. The van der Waals surface area contributed by atoms with Crippen LogP contribution in [0.25, 0.3) is 0 Å². The lowest BCUT2D eigenvalue weighted by molar-refractivity contribution is -0.127. The predicted molar refractivity (Wildman–Crippen MR) is 86.4 cm³/mol. The van der Waals surface area contributed by atoms with E-state index >= 15 is 0 Å². The molecule has 1 atom stereocenters. The second kappa shape index (κ2) is 8.39. The maximum Gasteiger partial charge on any atom is 0.260 e. The molecule has 0 bridgehead atoms. The summed E-state index contributed by atoms with van der Waals surface area (Å²) in [6, 6.07) is 12.5. The summed E-state index contributed by atoms with van der Waals surface area (Å²) in [5.74, 6) is 0.548. The van der Waals surface area contributed by atoms with E-state index in [1.54, 1.807) is 31.2 Å². The Hall–Kier alpha value is -2.27. The lowest BCUT2D eigenvalue weighted by Gasteiger charge is -2.15. The number of amides is 1. The van der Waals surface area contributed by atoms with Gasteiger partial charge in [0.25, 0.3) is 5.91 Å². The van der Waals surface area contributed by atoms with Crippen molar-refractivity contribution in [2.45, 2.75) is 13.0 Å². The lowest BCUT2D eigenvalue weighted by Crippen LogP contribution is -2.38. The van der Waals surface area contributed by atoms with E-state index in [0.717, 1.165) is 0 Å². The van der Waals surface area contributed by atoms with Gasteiger partial charge in [0, 0.05) is 5.02 Å². The van der Waals surface area contributed by atoms with Gasteiger partial charge in [-0.3, -0.25) is 4.79 Å². The van der Waals surface area contributed by atoms with E-state index < -0.39 is 6.10 Å². The second-order valence-electron chi connectivity index (χ2n) is 4.81. The number of hydrogen-bond donors (Lipinski definition) is 1. The predicted octanol–water partition coefficient (Wildman–Crippen LogP) is 3.44. The minimum absolute atomic E-state index is 0.248. The highest BCUT2D eigenvalue weighted by Gasteiger charge is 2.13. The molecule has 0 radical (unpaired) electrons. The molecule has 4 nitrogen and oxygen atoms in total. The van der Waals surface area contributed by atoms with Gasteiger partial charge in [-0.15, -0.1) is 0 Å². The molecule has 6 heteroatoms. The highest BCUT2D eigenvalue weighted by molar-refractivity contribution is 6.30. The third-order valence-corrected chi connectivity index (χ3v) is 3.23. The van der Waals surface area contributed by atoms with Gasteiger partial charge in [0.2, 0.25) is 0 Å². The number of halogens is 2. The Labute approximate surface area is 139 Å². The van der Waals surface area contributed by atoms with Crippen molar-refractivity contribution in [3.63, 3.8) is 0 Å². The van der Waals surface area contributed by atoms with Gasteiger partial charge in [0.05, 0.1) is 6.54 Å². The Kier molecular flexibility index (Phi) is 6.23. The van der Waals surface area contributed by atoms with E-state index in [1.807, 2.05) is 0 Å². The number of carbonyl (C=O) groups excluding carboxylic acids is 1. The summed E-state index contributed by atoms with van der Waals surface area (Å²) in [5.41, 5.74) is 0. The van der Waals surface area contributed by atoms with Crippen LogP contribution in [0.3, 0.4) is 0 Å². The van der Waals surface area contributed by atoms with Crippen LogP contribution in [0, 0.1) is 5.82 Å². The highest BCUT2D eigenvalue weighted by atomic mass is 35.5. The minimum atomic E-state index is -0.637. The molecule has 122 valence electrons. The standard InChI is InChI=1S/C17H17ClFNO3/c1-12(23-16-6-2-13(18)3-7-16)17(21)20-10-11-22-15-8-4-14(19)5-9-15/h2-9,12H,10-11H2,1H3,(H,20,21)/t12-/m1/s1. The maximum absolute atomic E-state index is 12.7. The molecule has 0 saturated carbocycles. The van der Waals surface area contributed by atoms with E-state index in [0.29, 0.717) is 23.1 Å². The van der Waals surface area contributed by atoms with Gasteiger partial charge in [-0.05, 0) is 55.5 Å². The fraction of sp³-hybridized carbons (Fsp3) is 0.235. The zero-order valence-electron chi connectivity index (χ0n) is 12.6.